The summed E-state index contributed by atoms with van der Waals surface area (Å²) in [6, 6.07) is 9.18. The van der Waals surface area contributed by atoms with Crippen molar-refractivity contribution >= 4 is 23.5 Å². The molecule has 0 atom stereocenters. The molecule has 0 aliphatic rings. The molecule has 0 radical (unpaired) electrons. The number of benzene rings is 2. The van der Waals surface area contributed by atoms with Gasteiger partial charge in [-0.2, -0.15) is 0 Å². The molecule has 0 unspecified atom stereocenters. The van der Waals surface area contributed by atoms with E-state index < -0.39 is 36.0 Å². The van der Waals surface area contributed by atoms with Gasteiger partial charge in [0.15, 0.2) is 6.61 Å². The second kappa shape index (κ2) is 10.0. The van der Waals surface area contributed by atoms with Gasteiger partial charge < -0.3 is 20.1 Å². The van der Waals surface area contributed by atoms with E-state index in [1.165, 1.54) is 7.11 Å². The average molecular weight is 392 g/mol. The van der Waals surface area contributed by atoms with Crippen molar-refractivity contribution in [3.05, 3.63) is 59.7 Å². The van der Waals surface area contributed by atoms with E-state index in [0.29, 0.717) is 17.5 Å². The van der Waals surface area contributed by atoms with Crippen LogP contribution < -0.4 is 15.4 Å². The van der Waals surface area contributed by atoms with Crippen LogP contribution in [0.3, 0.4) is 0 Å². The summed E-state index contributed by atoms with van der Waals surface area (Å²) in [6.45, 7) is -0.636. The Kier molecular flexibility index (Phi) is 7.44. The van der Waals surface area contributed by atoms with Gasteiger partial charge in [0, 0.05) is 24.4 Å². The van der Waals surface area contributed by atoms with Gasteiger partial charge in [0.2, 0.25) is 0 Å². The molecule has 0 saturated heterocycles. The minimum absolute atomic E-state index is 0.133. The number of nitrogens with one attached hydrogen (secondary N) is 2. The third kappa shape index (κ3) is 6.35. The van der Waals surface area contributed by atoms with Crippen LogP contribution in [0.15, 0.2) is 42.5 Å². The molecular weight excluding hydrogens is 374 g/mol. The normalized spacial score (nSPS) is 10.1. The van der Waals surface area contributed by atoms with Crippen molar-refractivity contribution in [2.75, 3.05) is 25.6 Å². The van der Waals surface area contributed by atoms with Crippen LogP contribution in [-0.4, -0.2) is 38.0 Å². The zero-order valence-corrected chi connectivity index (χ0v) is 15.0. The fraction of sp³-hybridized carbons (Fsp3) is 0.211. The molecule has 2 N–H and O–H groups in total. The zero-order valence-electron chi connectivity index (χ0n) is 15.0. The molecule has 0 bridgehead atoms. The van der Waals surface area contributed by atoms with Crippen LogP contribution in [0.2, 0.25) is 0 Å². The smallest absolute Gasteiger partial charge is 0.308 e. The van der Waals surface area contributed by atoms with Gasteiger partial charge in [0.1, 0.15) is 17.4 Å². The summed E-state index contributed by atoms with van der Waals surface area (Å²) in [6.07, 6.45) is -0.221. The Morgan fingerprint density at radius 2 is 1.86 bits per heavy atom. The molecule has 2 aromatic rings. The molecule has 0 heterocycles. The number of esters is 1. The molecule has 0 saturated carbocycles. The first-order valence-corrected chi connectivity index (χ1v) is 8.22. The highest BCUT2D eigenvalue weighted by Gasteiger charge is 2.13. The monoisotopic (exact) mass is 392 g/mol. The Labute approximate surface area is 159 Å². The number of amides is 2. The van der Waals surface area contributed by atoms with Crippen molar-refractivity contribution in [2.45, 2.75) is 6.42 Å². The summed E-state index contributed by atoms with van der Waals surface area (Å²) in [5.74, 6) is -3.30. The number of hydrogen-bond donors (Lipinski definition) is 2. The van der Waals surface area contributed by atoms with Crippen LogP contribution in [-0.2, 0) is 14.3 Å². The van der Waals surface area contributed by atoms with Crippen LogP contribution in [0.1, 0.15) is 16.8 Å². The summed E-state index contributed by atoms with van der Waals surface area (Å²) in [7, 11) is 1.49. The highest BCUT2D eigenvalue weighted by molar-refractivity contribution is 5.95. The zero-order chi connectivity index (χ0) is 20.5. The molecule has 2 amide bonds. The fourth-order valence-corrected chi connectivity index (χ4v) is 2.16. The van der Waals surface area contributed by atoms with E-state index in [-0.39, 0.29) is 18.5 Å². The Balaban J connectivity index is 1.70. The van der Waals surface area contributed by atoms with E-state index in [4.69, 9.17) is 9.47 Å². The van der Waals surface area contributed by atoms with Crippen LogP contribution in [0, 0.1) is 11.6 Å². The van der Waals surface area contributed by atoms with E-state index in [2.05, 4.69) is 10.6 Å². The lowest BCUT2D eigenvalue weighted by molar-refractivity contribution is -0.147. The fourth-order valence-electron chi connectivity index (χ4n) is 2.16. The summed E-state index contributed by atoms with van der Waals surface area (Å²) in [5.41, 5.74) is 0.140. The van der Waals surface area contributed by atoms with Gasteiger partial charge in [0.05, 0.1) is 19.1 Å². The summed E-state index contributed by atoms with van der Waals surface area (Å²) < 4.78 is 36.1. The first-order chi connectivity index (χ1) is 13.4. The number of anilines is 1. The topological polar surface area (TPSA) is 93.7 Å². The molecule has 0 spiro atoms. The lowest BCUT2D eigenvalue weighted by atomic mass is 10.2. The molecule has 2 aromatic carbocycles. The number of ether oxygens (including phenoxy) is 2. The summed E-state index contributed by atoms with van der Waals surface area (Å²) >= 11 is 0. The third-order valence-electron chi connectivity index (χ3n) is 3.51. The molecule has 0 aromatic heterocycles. The molecule has 0 fully saturated rings. The first-order valence-electron chi connectivity index (χ1n) is 8.22. The van der Waals surface area contributed by atoms with Crippen LogP contribution in [0.5, 0.6) is 5.75 Å². The quantitative estimate of drug-likeness (QED) is 0.673. The minimum atomic E-state index is -1.01. The Hall–Kier alpha value is -3.49. The van der Waals surface area contributed by atoms with Gasteiger partial charge in [-0.05, 0) is 24.3 Å². The van der Waals surface area contributed by atoms with Crippen molar-refractivity contribution in [3.63, 3.8) is 0 Å². The first kappa shape index (κ1) is 20.8. The van der Waals surface area contributed by atoms with Crippen LogP contribution >= 0.6 is 0 Å². The molecule has 7 nitrogen and oxygen atoms in total. The predicted octanol–water partition coefficient (Wildman–Crippen LogP) is 2.28. The number of halogens is 2. The highest BCUT2D eigenvalue weighted by Crippen LogP contribution is 2.16. The van der Waals surface area contributed by atoms with Gasteiger partial charge in [-0.1, -0.05) is 6.07 Å². The van der Waals surface area contributed by atoms with Gasteiger partial charge in [-0.15, -0.1) is 0 Å². The van der Waals surface area contributed by atoms with Crippen molar-refractivity contribution in [1.82, 2.24) is 5.32 Å². The number of hydrogen-bond acceptors (Lipinski definition) is 5. The number of rotatable bonds is 8. The average Bonchev–Trinajstić information content (AvgIpc) is 2.66. The highest BCUT2D eigenvalue weighted by atomic mass is 19.1. The van der Waals surface area contributed by atoms with Crippen molar-refractivity contribution in [2.24, 2.45) is 0 Å². The van der Waals surface area contributed by atoms with E-state index in [0.717, 1.165) is 12.1 Å². The number of carbonyl (C=O) groups is 3. The maximum atomic E-state index is 13.5. The molecule has 28 heavy (non-hydrogen) atoms. The van der Waals surface area contributed by atoms with Crippen LogP contribution in [0.4, 0.5) is 14.5 Å². The predicted molar refractivity (Wildman–Crippen MR) is 95.9 cm³/mol. The standard InChI is InChI=1S/C19H18F2N2O5/c1-27-14-4-2-3-13(10-14)23-17(24)11-28-18(25)7-8-22-19(26)15-6-5-12(20)9-16(15)21/h2-6,9-10H,7-8,11H2,1H3,(H,22,26)(H,23,24). The molecule has 0 aliphatic heterocycles. The van der Waals surface area contributed by atoms with Crippen molar-refractivity contribution < 1.29 is 32.6 Å². The van der Waals surface area contributed by atoms with Crippen LogP contribution in [0.25, 0.3) is 0 Å². The molecule has 148 valence electrons. The van der Waals surface area contributed by atoms with Gasteiger partial charge in [-0.3, -0.25) is 14.4 Å². The van der Waals surface area contributed by atoms with E-state index in [1.807, 2.05) is 0 Å². The maximum Gasteiger partial charge on any atom is 0.308 e. The maximum absolute atomic E-state index is 13.5. The SMILES string of the molecule is COc1cccc(NC(=O)COC(=O)CCNC(=O)c2ccc(F)cc2F)c1. The molecule has 0 aliphatic carbocycles. The summed E-state index contributed by atoms with van der Waals surface area (Å²) in [5, 5.41) is 4.85. The van der Waals surface area contributed by atoms with Gasteiger partial charge in [0.25, 0.3) is 11.8 Å². The lowest BCUT2D eigenvalue weighted by Crippen LogP contribution is -2.28. The minimum Gasteiger partial charge on any atom is -0.497 e. The van der Waals surface area contributed by atoms with E-state index in [1.54, 1.807) is 24.3 Å². The largest absolute Gasteiger partial charge is 0.497 e. The third-order valence-corrected chi connectivity index (χ3v) is 3.51. The van der Waals surface area contributed by atoms with Crippen molar-refractivity contribution in [1.29, 1.82) is 0 Å². The lowest BCUT2D eigenvalue weighted by Gasteiger charge is -2.08. The number of carbonyl (C=O) groups excluding carboxylic acids is 3. The van der Waals surface area contributed by atoms with Gasteiger partial charge >= 0.3 is 5.97 Å². The van der Waals surface area contributed by atoms with Gasteiger partial charge in [-0.25, -0.2) is 8.78 Å². The van der Waals surface area contributed by atoms with E-state index >= 15 is 0 Å². The molecule has 9 heteroatoms. The number of methoxy groups -OCH3 is 1. The Bertz CT molecular complexity index is 873. The summed E-state index contributed by atoms with van der Waals surface area (Å²) in [4.78, 5) is 35.2. The molecule has 2 rings (SSSR count). The second-order valence-electron chi connectivity index (χ2n) is 5.57. The Morgan fingerprint density at radius 3 is 2.57 bits per heavy atom. The second-order valence-corrected chi connectivity index (χ2v) is 5.57. The Morgan fingerprint density at radius 1 is 1.07 bits per heavy atom. The van der Waals surface area contributed by atoms with E-state index in [9.17, 15) is 23.2 Å². The van der Waals surface area contributed by atoms with Crippen molar-refractivity contribution in [3.8, 4) is 5.75 Å². The molecular formula is C19H18F2N2O5.